The van der Waals surface area contributed by atoms with E-state index >= 15 is 0 Å². The van der Waals surface area contributed by atoms with Crippen molar-refractivity contribution < 1.29 is 33.3 Å². The Kier molecular flexibility index (Phi) is 9.24. The van der Waals surface area contributed by atoms with Gasteiger partial charge in [0, 0.05) is 67.5 Å². The number of nitrogens with two attached hydrogens (primary N) is 1. The van der Waals surface area contributed by atoms with Crippen molar-refractivity contribution in [2.75, 3.05) is 40.3 Å². The Hall–Kier alpha value is -6.56. The first-order valence-electron chi connectivity index (χ1n) is 17.7. The Balaban J connectivity index is 0.913. The van der Waals surface area contributed by atoms with Crippen LogP contribution in [0.5, 0.6) is 28.7 Å². The van der Waals surface area contributed by atoms with Gasteiger partial charge in [-0.3, -0.25) is 19.6 Å². The van der Waals surface area contributed by atoms with Crippen molar-refractivity contribution in [3.05, 3.63) is 107 Å². The number of amides is 2. The summed E-state index contributed by atoms with van der Waals surface area (Å²) in [5.74, 6) is 2.24. The summed E-state index contributed by atoms with van der Waals surface area (Å²) in [5, 5.41) is 0. The van der Waals surface area contributed by atoms with Crippen LogP contribution in [0.4, 0.5) is 17.1 Å². The van der Waals surface area contributed by atoms with Crippen LogP contribution in [0.1, 0.15) is 51.1 Å². The quantitative estimate of drug-likeness (QED) is 0.128. The molecule has 1 unspecified atom stereocenters. The minimum absolute atomic E-state index is 0.158. The average Bonchev–Trinajstić information content (AvgIpc) is 3.77. The highest BCUT2D eigenvalue weighted by molar-refractivity contribution is 6.06. The van der Waals surface area contributed by atoms with Crippen molar-refractivity contribution in [3.63, 3.8) is 0 Å². The molecule has 4 heterocycles. The number of carbonyl (C=O) groups is 2. The van der Waals surface area contributed by atoms with Crippen LogP contribution in [0, 0.1) is 0 Å². The number of aliphatic imine (C=N–C) groups is 2. The molecule has 4 aromatic rings. The van der Waals surface area contributed by atoms with Crippen LogP contribution in [0.25, 0.3) is 11.1 Å². The number of fused-ring (bicyclic) bond motifs is 4. The molecule has 12 heteroatoms. The SMILES string of the molecule is COc1ccc(C2=CN3C(=O)c4cc(OC)c(OCCCOc5cc6c(cc5OC)C(=O)N5C=C(c7ccccc7N)CC5C=N6)cc4N=C[C@@H]3C2)cc1. The van der Waals surface area contributed by atoms with E-state index in [1.165, 1.54) is 7.11 Å². The monoisotopic (exact) mass is 725 g/mol. The van der Waals surface area contributed by atoms with E-state index < -0.39 is 0 Å². The second kappa shape index (κ2) is 14.5. The van der Waals surface area contributed by atoms with Gasteiger partial charge in [0.2, 0.25) is 0 Å². The highest BCUT2D eigenvalue weighted by atomic mass is 16.5. The third kappa shape index (κ3) is 6.40. The fourth-order valence-electron chi connectivity index (χ4n) is 7.15. The standard InChI is InChI=1S/C42H39N5O7/c1-50-30-11-9-25(10-12-30)26-15-28-21-44-35-19-39(37(51-2)17-32(35)41(48)46(28)23-26)53-13-6-14-54-40-20-36-33(18-38(40)52-3)42(49)47-24-27(16-29(47)22-45-36)31-7-4-5-8-34(31)43/h4-5,7-12,17-24,28-29H,6,13-16,43H2,1-3H3/t28-,29?/m0/s1. The van der Waals surface area contributed by atoms with Gasteiger partial charge in [0.15, 0.2) is 23.0 Å². The first kappa shape index (κ1) is 34.5. The fourth-order valence-corrected chi connectivity index (χ4v) is 7.15. The van der Waals surface area contributed by atoms with Crippen LogP contribution >= 0.6 is 0 Å². The number of nitrogen functional groups attached to an aromatic ring is 1. The van der Waals surface area contributed by atoms with Gasteiger partial charge in [0.25, 0.3) is 11.8 Å². The predicted molar refractivity (Wildman–Crippen MR) is 207 cm³/mol. The molecule has 12 nitrogen and oxygen atoms in total. The zero-order valence-electron chi connectivity index (χ0n) is 30.2. The zero-order chi connectivity index (χ0) is 37.3. The molecule has 4 aliphatic rings. The van der Waals surface area contributed by atoms with Gasteiger partial charge >= 0.3 is 0 Å². The molecule has 0 saturated carbocycles. The van der Waals surface area contributed by atoms with Crippen LogP contribution in [0.15, 0.2) is 95.2 Å². The molecule has 54 heavy (non-hydrogen) atoms. The van der Waals surface area contributed by atoms with Gasteiger partial charge in [-0.05, 0) is 47.0 Å². The maximum absolute atomic E-state index is 13.7. The van der Waals surface area contributed by atoms with Gasteiger partial charge in [-0.2, -0.15) is 0 Å². The normalized spacial score (nSPS) is 18.1. The number of rotatable bonds is 11. The summed E-state index contributed by atoms with van der Waals surface area (Å²) >= 11 is 0. The van der Waals surface area contributed by atoms with E-state index in [2.05, 4.69) is 4.99 Å². The van der Waals surface area contributed by atoms with Gasteiger partial charge in [0.05, 0.1) is 69.1 Å². The average molecular weight is 726 g/mol. The van der Waals surface area contributed by atoms with E-state index in [4.69, 9.17) is 34.4 Å². The lowest BCUT2D eigenvalue weighted by molar-refractivity contribution is 0.0809. The largest absolute Gasteiger partial charge is 0.497 e. The topological polar surface area (TPSA) is 138 Å². The second-order valence-corrected chi connectivity index (χ2v) is 13.2. The number of nitrogens with zero attached hydrogens (tertiary/aromatic N) is 4. The number of hydrogen-bond acceptors (Lipinski definition) is 10. The molecular formula is C42H39N5O7. The molecule has 0 aliphatic carbocycles. The molecule has 0 spiro atoms. The molecule has 0 fully saturated rings. The molecule has 2 amide bonds. The third-order valence-corrected chi connectivity index (χ3v) is 10.00. The highest BCUT2D eigenvalue weighted by Gasteiger charge is 2.35. The summed E-state index contributed by atoms with van der Waals surface area (Å²) in [4.78, 5) is 40.3. The van der Waals surface area contributed by atoms with Crippen molar-refractivity contribution >= 4 is 52.5 Å². The summed E-state index contributed by atoms with van der Waals surface area (Å²) in [6.45, 7) is 0.603. The molecule has 2 N–H and O–H groups in total. The van der Waals surface area contributed by atoms with Crippen molar-refractivity contribution in [2.45, 2.75) is 31.3 Å². The Bertz CT molecular complexity index is 2260. The van der Waals surface area contributed by atoms with Crippen molar-refractivity contribution in [2.24, 2.45) is 9.98 Å². The number of methoxy groups -OCH3 is 3. The van der Waals surface area contributed by atoms with E-state index in [0.29, 0.717) is 83.7 Å². The molecule has 4 aliphatic heterocycles. The lowest BCUT2D eigenvalue weighted by Gasteiger charge is -2.19. The number of benzene rings is 4. The molecule has 8 rings (SSSR count). The van der Waals surface area contributed by atoms with E-state index in [1.54, 1.807) is 54.5 Å². The molecule has 4 aromatic carbocycles. The number of ether oxygens (including phenoxy) is 5. The number of carbonyl (C=O) groups excluding carboxylic acids is 2. The molecule has 0 radical (unpaired) electrons. The fraction of sp³-hybridized carbons (Fsp3) is 0.238. The minimum Gasteiger partial charge on any atom is -0.497 e. The molecule has 0 aromatic heterocycles. The van der Waals surface area contributed by atoms with Gasteiger partial charge in [-0.25, -0.2) is 0 Å². The Morgan fingerprint density at radius 1 is 0.648 bits per heavy atom. The summed E-state index contributed by atoms with van der Waals surface area (Å²) in [5.41, 5.74) is 12.7. The second-order valence-electron chi connectivity index (χ2n) is 13.2. The van der Waals surface area contributed by atoms with Crippen LogP contribution in [-0.4, -0.2) is 80.7 Å². The number of hydrogen-bond donors (Lipinski definition) is 1. The summed E-state index contributed by atoms with van der Waals surface area (Å²) in [6, 6.07) is 21.8. The van der Waals surface area contributed by atoms with Crippen LogP contribution in [0.3, 0.4) is 0 Å². The van der Waals surface area contributed by atoms with Crippen molar-refractivity contribution in [3.8, 4) is 28.7 Å². The predicted octanol–water partition coefficient (Wildman–Crippen LogP) is 7.09. The third-order valence-electron chi connectivity index (χ3n) is 10.00. The molecule has 274 valence electrons. The van der Waals surface area contributed by atoms with Crippen LogP contribution < -0.4 is 29.4 Å². The lowest BCUT2D eigenvalue weighted by Crippen LogP contribution is -2.32. The van der Waals surface area contributed by atoms with Gasteiger partial charge < -0.3 is 39.2 Å². The Morgan fingerprint density at radius 2 is 1.19 bits per heavy atom. The smallest absolute Gasteiger partial charge is 0.260 e. The number of para-hydroxylation sites is 1. The van der Waals surface area contributed by atoms with Crippen molar-refractivity contribution in [1.82, 2.24) is 9.80 Å². The molecule has 0 saturated heterocycles. The van der Waals surface area contributed by atoms with Crippen molar-refractivity contribution in [1.29, 1.82) is 0 Å². The van der Waals surface area contributed by atoms with Crippen LogP contribution in [-0.2, 0) is 0 Å². The van der Waals surface area contributed by atoms with Gasteiger partial charge in [-0.1, -0.05) is 30.3 Å². The maximum Gasteiger partial charge on any atom is 0.260 e. The zero-order valence-corrected chi connectivity index (χ0v) is 30.2. The Labute approximate surface area is 312 Å². The van der Waals surface area contributed by atoms with Gasteiger partial charge in [0.1, 0.15) is 5.75 Å². The van der Waals surface area contributed by atoms with E-state index in [-0.39, 0.29) is 23.9 Å². The lowest BCUT2D eigenvalue weighted by atomic mass is 10.0. The molecular weight excluding hydrogens is 686 g/mol. The van der Waals surface area contributed by atoms with E-state index in [9.17, 15) is 9.59 Å². The maximum atomic E-state index is 13.7. The van der Waals surface area contributed by atoms with Crippen LogP contribution in [0.2, 0.25) is 0 Å². The first-order chi connectivity index (χ1) is 26.3. The van der Waals surface area contributed by atoms with E-state index in [1.807, 2.05) is 67.1 Å². The summed E-state index contributed by atoms with van der Waals surface area (Å²) in [7, 11) is 4.71. The molecule has 0 bridgehead atoms. The highest BCUT2D eigenvalue weighted by Crippen LogP contribution is 2.42. The van der Waals surface area contributed by atoms with E-state index in [0.717, 1.165) is 28.0 Å². The molecule has 2 atom stereocenters. The number of anilines is 1. The summed E-state index contributed by atoms with van der Waals surface area (Å²) in [6.07, 6.45) is 9.14. The minimum atomic E-state index is -0.229. The first-order valence-corrected chi connectivity index (χ1v) is 17.7. The summed E-state index contributed by atoms with van der Waals surface area (Å²) < 4.78 is 28.8. The Morgan fingerprint density at radius 3 is 1.72 bits per heavy atom. The van der Waals surface area contributed by atoms with Gasteiger partial charge in [-0.15, -0.1) is 0 Å².